The van der Waals surface area contributed by atoms with Crippen LogP contribution in [-0.2, 0) is 0 Å². The number of benzene rings is 1. The van der Waals surface area contributed by atoms with E-state index in [4.69, 9.17) is 0 Å². The minimum Gasteiger partial charge on any atom is -0.334 e. The Morgan fingerprint density at radius 1 is 1.47 bits per heavy atom. The third-order valence-electron chi connectivity index (χ3n) is 1.58. The van der Waals surface area contributed by atoms with E-state index in [1.807, 2.05) is 18.2 Å². The van der Waals surface area contributed by atoms with Crippen LogP contribution >= 0.6 is 31.9 Å². The third kappa shape index (κ3) is 4.05. The van der Waals surface area contributed by atoms with E-state index >= 15 is 0 Å². The molecule has 0 bridgehead atoms. The Kier molecular flexibility index (Phi) is 4.84. The second kappa shape index (κ2) is 5.92. The van der Waals surface area contributed by atoms with E-state index in [1.165, 1.54) is 0 Å². The molecular weight excluding hydrogens is 324 g/mol. The average molecular weight is 334 g/mol. The van der Waals surface area contributed by atoms with Gasteiger partial charge in [0.25, 0.3) is 0 Å². The van der Waals surface area contributed by atoms with E-state index in [9.17, 15) is 4.79 Å². The molecule has 0 spiro atoms. The van der Waals surface area contributed by atoms with Gasteiger partial charge >= 0.3 is 6.03 Å². The standard InChI is InChI=1S/C10H10Br2N2O/c1-2-5-13-10(15)14-9-6-7(11)3-4-8(9)12/h2-4,6H,1,5H2,(H2,13,14,15). The van der Waals surface area contributed by atoms with Crippen LogP contribution in [-0.4, -0.2) is 12.6 Å². The third-order valence-corrected chi connectivity index (χ3v) is 2.77. The number of amides is 2. The Bertz CT molecular complexity index is 380. The molecule has 5 heteroatoms. The summed E-state index contributed by atoms with van der Waals surface area (Å²) in [6, 6.07) is 5.30. The molecule has 0 aromatic heterocycles. The molecule has 2 N–H and O–H groups in total. The smallest absolute Gasteiger partial charge is 0.319 e. The molecule has 0 unspecified atom stereocenters. The summed E-state index contributed by atoms with van der Waals surface area (Å²) in [6.45, 7) is 3.95. The molecular formula is C10H10Br2N2O. The molecule has 3 nitrogen and oxygen atoms in total. The molecule has 0 aliphatic heterocycles. The SMILES string of the molecule is C=CCNC(=O)Nc1cc(Br)ccc1Br. The van der Waals surface area contributed by atoms with Crippen molar-refractivity contribution in [3.05, 3.63) is 39.8 Å². The van der Waals surface area contributed by atoms with Crippen LogP contribution in [0, 0.1) is 0 Å². The Morgan fingerprint density at radius 3 is 2.87 bits per heavy atom. The lowest BCUT2D eigenvalue weighted by Gasteiger charge is -2.08. The molecule has 0 fully saturated rings. The summed E-state index contributed by atoms with van der Waals surface area (Å²) < 4.78 is 1.74. The first-order valence-electron chi connectivity index (χ1n) is 4.24. The number of carbonyl (C=O) groups excluding carboxylic acids is 1. The van der Waals surface area contributed by atoms with Gasteiger partial charge in [0.15, 0.2) is 0 Å². The number of urea groups is 1. The van der Waals surface area contributed by atoms with Crippen molar-refractivity contribution in [1.29, 1.82) is 0 Å². The van der Waals surface area contributed by atoms with Gasteiger partial charge in [-0.25, -0.2) is 4.79 Å². The highest BCUT2D eigenvalue weighted by molar-refractivity contribution is 9.11. The van der Waals surface area contributed by atoms with Crippen LogP contribution in [0.25, 0.3) is 0 Å². The first-order valence-corrected chi connectivity index (χ1v) is 5.83. The normalized spacial score (nSPS) is 9.47. The van der Waals surface area contributed by atoms with Crippen LogP contribution in [0.1, 0.15) is 0 Å². The maximum Gasteiger partial charge on any atom is 0.319 e. The van der Waals surface area contributed by atoms with Crippen molar-refractivity contribution in [3.63, 3.8) is 0 Å². The van der Waals surface area contributed by atoms with E-state index in [0.29, 0.717) is 12.2 Å². The predicted molar refractivity (Wildman–Crippen MR) is 69.1 cm³/mol. The number of nitrogens with one attached hydrogen (secondary N) is 2. The average Bonchev–Trinajstić information content (AvgIpc) is 2.20. The van der Waals surface area contributed by atoms with Crippen molar-refractivity contribution in [1.82, 2.24) is 5.32 Å². The quantitative estimate of drug-likeness (QED) is 0.816. The number of anilines is 1. The van der Waals surface area contributed by atoms with Crippen molar-refractivity contribution in [2.24, 2.45) is 0 Å². The Labute approximate surface area is 105 Å². The zero-order valence-electron chi connectivity index (χ0n) is 7.89. The monoisotopic (exact) mass is 332 g/mol. The van der Waals surface area contributed by atoms with Crippen molar-refractivity contribution < 1.29 is 4.79 Å². The molecule has 0 aliphatic rings. The maximum atomic E-state index is 11.3. The molecule has 15 heavy (non-hydrogen) atoms. The highest BCUT2D eigenvalue weighted by Gasteiger charge is 2.04. The summed E-state index contributed by atoms with van der Waals surface area (Å²) in [4.78, 5) is 11.3. The molecule has 1 aromatic rings. The van der Waals surface area contributed by atoms with E-state index < -0.39 is 0 Å². The molecule has 0 radical (unpaired) electrons. The number of hydrogen-bond donors (Lipinski definition) is 2. The summed E-state index contributed by atoms with van der Waals surface area (Å²) in [5.74, 6) is 0. The summed E-state index contributed by atoms with van der Waals surface area (Å²) in [5.41, 5.74) is 0.714. The molecule has 80 valence electrons. The van der Waals surface area contributed by atoms with Crippen molar-refractivity contribution in [2.45, 2.75) is 0 Å². The highest BCUT2D eigenvalue weighted by Crippen LogP contribution is 2.25. The first kappa shape index (κ1) is 12.3. The minimum absolute atomic E-state index is 0.256. The maximum absolute atomic E-state index is 11.3. The van der Waals surface area contributed by atoms with E-state index in [-0.39, 0.29) is 6.03 Å². The molecule has 0 saturated heterocycles. The molecule has 1 aromatic carbocycles. The van der Waals surface area contributed by atoms with Crippen LogP contribution in [0.2, 0.25) is 0 Å². The molecule has 0 heterocycles. The van der Waals surface area contributed by atoms with Crippen LogP contribution < -0.4 is 10.6 Å². The number of rotatable bonds is 3. The molecule has 1 rings (SSSR count). The fourth-order valence-corrected chi connectivity index (χ4v) is 1.63. The summed E-state index contributed by atoms with van der Waals surface area (Å²) in [5, 5.41) is 5.33. The Hall–Kier alpha value is -0.810. The van der Waals surface area contributed by atoms with Crippen LogP contribution in [0.4, 0.5) is 10.5 Å². The Morgan fingerprint density at radius 2 is 2.20 bits per heavy atom. The van der Waals surface area contributed by atoms with Crippen LogP contribution in [0.3, 0.4) is 0 Å². The van der Waals surface area contributed by atoms with Crippen molar-refractivity contribution >= 4 is 43.6 Å². The lowest BCUT2D eigenvalue weighted by molar-refractivity contribution is 0.253. The molecule has 0 atom stereocenters. The van der Waals surface area contributed by atoms with Crippen molar-refractivity contribution in [2.75, 3.05) is 11.9 Å². The second-order valence-electron chi connectivity index (χ2n) is 2.75. The highest BCUT2D eigenvalue weighted by atomic mass is 79.9. The molecule has 0 aliphatic carbocycles. The lowest BCUT2D eigenvalue weighted by atomic mass is 10.3. The second-order valence-corrected chi connectivity index (χ2v) is 4.52. The Balaban J connectivity index is 2.67. The van der Waals surface area contributed by atoms with E-state index in [1.54, 1.807) is 6.08 Å². The van der Waals surface area contributed by atoms with E-state index in [0.717, 1.165) is 8.95 Å². The summed E-state index contributed by atoms with van der Waals surface area (Å²) >= 11 is 6.67. The topological polar surface area (TPSA) is 41.1 Å². The number of halogens is 2. The summed E-state index contributed by atoms with van der Waals surface area (Å²) in [6.07, 6.45) is 1.62. The lowest BCUT2D eigenvalue weighted by Crippen LogP contribution is -2.28. The van der Waals surface area contributed by atoms with Gasteiger partial charge in [-0.2, -0.15) is 0 Å². The molecule has 0 saturated carbocycles. The fourth-order valence-electron chi connectivity index (χ4n) is 0.925. The van der Waals surface area contributed by atoms with Gasteiger partial charge in [0, 0.05) is 15.5 Å². The predicted octanol–water partition coefficient (Wildman–Crippen LogP) is 3.52. The first-order chi connectivity index (χ1) is 7.13. The van der Waals surface area contributed by atoms with Gasteiger partial charge in [-0.1, -0.05) is 22.0 Å². The van der Waals surface area contributed by atoms with Gasteiger partial charge in [0.2, 0.25) is 0 Å². The number of hydrogen-bond acceptors (Lipinski definition) is 1. The van der Waals surface area contributed by atoms with E-state index in [2.05, 4.69) is 49.1 Å². The fraction of sp³-hybridized carbons (Fsp3) is 0.100. The zero-order valence-corrected chi connectivity index (χ0v) is 11.1. The molecule has 2 amide bonds. The van der Waals surface area contributed by atoms with Gasteiger partial charge < -0.3 is 10.6 Å². The van der Waals surface area contributed by atoms with Gasteiger partial charge in [-0.15, -0.1) is 6.58 Å². The largest absolute Gasteiger partial charge is 0.334 e. The van der Waals surface area contributed by atoms with Gasteiger partial charge in [0.1, 0.15) is 0 Å². The van der Waals surface area contributed by atoms with Crippen LogP contribution in [0.5, 0.6) is 0 Å². The minimum atomic E-state index is -0.256. The van der Waals surface area contributed by atoms with Gasteiger partial charge in [-0.05, 0) is 34.1 Å². The van der Waals surface area contributed by atoms with Gasteiger partial charge in [-0.3, -0.25) is 0 Å². The van der Waals surface area contributed by atoms with Crippen LogP contribution in [0.15, 0.2) is 39.8 Å². The van der Waals surface area contributed by atoms with Gasteiger partial charge in [0.05, 0.1) is 5.69 Å². The number of carbonyl (C=O) groups is 1. The van der Waals surface area contributed by atoms with Crippen molar-refractivity contribution in [3.8, 4) is 0 Å². The summed E-state index contributed by atoms with van der Waals surface area (Å²) in [7, 11) is 0. The zero-order chi connectivity index (χ0) is 11.3.